The SMILES string of the molecule is C[C@@H](c1ccc(C(F)(F)F)nc1)S(C)=O. The summed E-state index contributed by atoms with van der Waals surface area (Å²) in [6.07, 6.45) is -1.80. The van der Waals surface area contributed by atoms with E-state index < -0.39 is 22.7 Å². The lowest BCUT2D eigenvalue weighted by Crippen LogP contribution is -2.09. The molecule has 0 amide bonds. The lowest BCUT2D eigenvalue weighted by Gasteiger charge is -2.10. The van der Waals surface area contributed by atoms with Gasteiger partial charge in [0, 0.05) is 23.3 Å². The van der Waals surface area contributed by atoms with Crippen LogP contribution in [0.15, 0.2) is 18.3 Å². The number of hydrogen-bond acceptors (Lipinski definition) is 2. The van der Waals surface area contributed by atoms with Crippen molar-refractivity contribution >= 4 is 10.8 Å². The van der Waals surface area contributed by atoms with Gasteiger partial charge in [-0.25, -0.2) is 0 Å². The molecule has 2 atom stereocenters. The number of nitrogens with zero attached hydrogens (tertiary/aromatic N) is 1. The van der Waals surface area contributed by atoms with Crippen molar-refractivity contribution in [3.63, 3.8) is 0 Å². The van der Waals surface area contributed by atoms with Crippen molar-refractivity contribution in [1.82, 2.24) is 4.98 Å². The first-order valence-corrected chi connectivity index (χ1v) is 5.80. The molecule has 0 spiro atoms. The molecule has 0 N–H and O–H groups in total. The normalized spacial score (nSPS) is 16.1. The molecule has 0 saturated heterocycles. The van der Waals surface area contributed by atoms with Gasteiger partial charge < -0.3 is 0 Å². The van der Waals surface area contributed by atoms with Crippen molar-refractivity contribution in [3.8, 4) is 0 Å². The summed E-state index contributed by atoms with van der Waals surface area (Å²) in [5.41, 5.74) is -0.385. The van der Waals surface area contributed by atoms with Gasteiger partial charge in [0.2, 0.25) is 0 Å². The van der Waals surface area contributed by atoms with Crippen LogP contribution in [0.3, 0.4) is 0 Å². The number of rotatable bonds is 2. The maximum atomic E-state index is 12.2. The van der Waals surface area contributed by atoms with Crippen LogP contribution in [0.2, 0.25) is 0 Å². The average molecular weight is 237 g/mol. The molecule has 0 aliphatic rings. The zero-order valence-corrected chi connectivity index (χ0v) is 9.02. The summed E-state index contributed by atoms with van der Waals surface area (Å²) < 4.78 is 47.6. The second-order valence-electron chi connectivity index (χ2n) is 3.12. The largest absolute Gasteiger partial charge is 0.433 e. The fourth-order valence-corrected chi connectivity index (χ4v) is 1.53. The number of alkyl halides is 3. The first kappa shape index (κ1) is 12.2. The number of pyridine rings is 1. The van der Waals surface area contributed by atoms with Gasteiger partial charge in [-0.3, -0.25) is 9.19 Å². The van der Waals surface area contributed by atoms with Gasteiger partial charge in [0.15, 0.2) is 0 Å². The van der Waals surface area contributed by atoms with Gasteiger partial charge >= 0.3 is 6.18 Å². The van der Waals surface area contributed by atoms with Crippen LogP contribution < -0.4 is 0 Å². The van der Waals surface area contributed by atoms with Crippen molar-refractivity contribution in [2.45, 2.75) is 18.3 Å². The molecule has 0 aromatic carbocycles. The summed E-state index contributed by atoms with van der Waals surface area (Å²) in [4.78, 5) is 3.29. The Bertz CT molecular complexity index is 361. The summed E-state index contributed by atoms with van der Waals surface area (Å²) in [5, 5.41) is -0.306. The third kappa shape index (κ3) is 3.02. The molecule has 0 bridgehead atoms. The van der Waals surface area contributed by atoms with E-state index in [1.807, 2.05) is 0 Å². The average Bonchev–Trinajstić information content (AvgIpc) is 2.15. The Hall–Kier alpha value is -0.910. The standard InChI is InChI=1S/C9H10F3NOS/c1-6(15(2)14)7-3-4-8(13-5-7)9(10,11)12/h3-6H,1-2H3/t6-,15?/m0/s1. The van der Waals surface area contributed by atoms with Crippen LogP contribution in [-0.4, -0.2) is 15.4 Å². The Morgan fingerprint density at radius 2 is 2.00 bits per heavy atom. The third-order valence-electron chi connectivity index (χ3n) is 2.04. The predicted octanol–water partition coefficient (Wildman–Crippen LogP) is 2.54. The van der Waals surface area contributed by atoms with Crippen LogP contribution in [0.25, 0.3) is 0 Å². The Labute approximate surface area is 88.0 Å². The molecule has 0 aliphatic heterocycles. The molecule has 1 rings (SSSR count). The van der Waals surface area contributed by atoms with Gasteiger partial charge in [-0.15, -0.1) is 0 Å². The molecular weight excluding hydrogens is 227 g/mol. The van der Waals surface area contributed by atoms with Gasteiger partial charge in [0.25, 0.3) is 0 Å². The van der Waals surface area contributed by atoms with Crippen molar-refractivity contribution < 1.29 is 17.4 Å². The van der Waals surface area contributed by atoms with Crippen LogP contribution in [0.1, 0.15) is 23.4 Å². The summed E-state index contributed by atoms with van der Waals surface area (Å²) in [7, 11) is -1.11. The van der Waals surface area contributed by atoms with Crippen LogP contribution in [0.5, 0.6) is 0 Å². The molecule has 0 fully saturated rings. The Morgan fingerprint density at radius 1 is 1.40 bits per heavy atom. The maximum Gasteiger partial charge on any atom is 0.433 e. The molecule has 1 heterocycles. The fraction of sp³-hybridized carbons (Fsp3) is 0.444. The molecular formula is C9H10F3NOS. The van der Waals surface area contributed by atoms with E-state index in [2.05, 4.69) is 4.98 Å². The van der Waals surface area contributed by atoms with Crippen LogP contribution in [-0.2, 0) is 17.0 Å². The minimum Gasteiger partial charge on any atom is -0.259 e. The molecule has 0 radical (unpaired) electrons. The van der Waals surface area contributed by atoms with Gasteiger partial charge in [0.05, 0.1) is 5.25 Å². The van der Waals surface area contributed by atoms with Crippen LogP contribution in [0.4, 0.5) is 13.2 Å². The highest BCUT2D eigenvalue weighted by atomic mass is 32.2. The highest BCUT2D eigenvalue weighted by Gasteiger charge is 2.32. The summed E-state index contributed by atoms with van der Waals surface area (Å²) in [5.74, 6) is 0. The lowest BCUT2D eigenvalue weighted by atomic mass is 10.2. The highest BCUT2D eigenvalue weighted by Crippen LogP contribution is 2.28. The van der Waals surface area contributed by atoms with Gasteiger partial charge in [-0.2, -0.15) is 13.2 Å². The zero-order chi connectivity index (χ0) is 11.6. The van der Waals surface area contributed by atoms with E-state index in [1.54, 1.807) is 6.92 Å². The molecule has 0 saturated carbocycles. The second kappa shape index (κ2) is 4.30. The highest BCUT2D eigenvalue weighted by molar-refractivity contribution is 7.84. The monoisotopic (exact) mass is 237 g/mol. The van der Waals surface area contributed by atoms with Crippen LogP contribution in [0, 0.1) is 0 Å². The lowest BCUT2D eigenvalue weighted by molar-refractivity contribution is -0.141. The Kier molecular flexibility index (Phi) is 3.49. The molecule has 84 valence electrons. The molecule has 6 heteroatoms. The molecule has 1 aromatic heterocycles. The van der Waals surface area contributed by atoms with Crippen molar-refractivity contribution in [1.29, 1.82) is 0 Å². The first-order valence-electron chi connectivity index (χ1n) is 4.17. The van der Waals surface area contributed by atoms with E-state index >= 15 is 0 Å². The number of halogens is 3. The fourth-order valence-electron chi connectivity index (χ4n) is 1.01. The molecule has 1 aromatic rings. The van der Waals surface area contributed by atoms with Crippen molar-refractivity contribution in [2.24, 2.45) is 0 Å². The molecule has 2 nitrogen and oxygen atoms in total. The van der Waals surface area contributed by atoms with Crippen molar-refractivity contribution in [3.05, 3.63) is 29.6 Å². The summed E-state index contributed by atoms with van der Waals surface area (Å²) in [6, 6.07) is 2.21. The van der Waals surface area contributed by atoms with E-state index in [1.165, 1.54) is 12.3 Å². The topological polar surface area (TPSA) is 30.0 Å². The van der Waals surface area contributed by atoms with E-state index in [9.17, 15) is 17.4 Å². The smallest absolute Gasteiger partial charge is 0.259 e. The van der Waals surface area contributed by atoms with E-state index in [4.69, 9.17) is 0 Å². The van der Waals surface area contributed by atoms with E-state index in [0.717, 1.165) is 12.3 Å². The number of aromatic nitrogens is 1. The zero-order valence-electron chi connectivity index (χ0n) is 8.21. The molecule has 1 unspecified atom stereocenters. The molecule has 15 heavy (non-hydrogen) atoms. The Balaban J connectivity index is 2.95. The third-order valence-corrected chi connectivity index (χ3v) is 3.31. The van der Waals surface area contributed by atoms with E-state index in [0.29, 0.717) is 5.56 Å². The van der Waals surface area contributed by atoms with Gasteiger partial charge in [-0.1, -0.05) is 6.07 Å². The summed E-state index contributed by atoms with van der Waals surface area (Å²) >= 11 is 0. The van der Waals surface area contributed by atoms with Gasteiger partial charge in [0.1, 0.15) is 5.69 Å². The summed E-state index contributed by atoms with van der Waals surface area (Å²) in [6.45, 7) is 1.68. The van der Waals surface area contributed by atoms with Gasteiger partial charge in [-0.05, 0) is 18.6 Å². The molecule has 0 aliphatic carbocycles. The predicted molar refractivity (Wildman–Crippen MR) is 51.7 cm³/mol. The van der Waals surface area contributed by atoms with Crippen molar-refractivity contribution in [2.75, 3.05) is 6.26 Å². The minimum absolute atomic E-state index is 0.306. The first-order chi connectivity index (χ1) is 6.82. The van der Waals surface area contributed by atoms with Crippen LogP contribution >= 0.6 is 0 Å². The minimum atomic E-state index is -4.42. The quantitative estimate of drug-likeness (QED) is 0.791. The number of hydrogen-bond donors (Lipinski definition) is 0. The van der Waals surface area contributed by atoms with E-state index in [-0.39, 0.29) is 5.25 Å². The maximum absolute atomic E-state index is 12.2. The second-order valence-corrected chi connectivity index (χ2v) is 4.82. The Morgan fingerprint density at radius 3 is 2.33 bits per heavy atom.